The lowest BCUT2D eigenvalue weighted by Gasteiger charge is -2.25. The number of anilines is 6. The first kappa shape index (κ1) is 38.3. The maximum atomic E-state index is 5.35. The molecular formula is C60H42N4. The normalized spacial score (nSPS) is 11.1. The van der Waals surface area contributed by atoms with Crippen molar-refractivity contribution in [2.75, 3.05) is 9.80 Å². The number of benzene rings is 10. The van der Waals surface area contributed by atoms with Crippen LogP contribution in [0.5, 0.6) is 0 Å². The molecule has 10 aromatic carbocycles. The van der Waals surface area contributed by atoms with Gasteiger partial charge in [0.1, 0.15) is 0 Å². The van der Waals surface area contributed by atoms with Crippen LogP contribution in [0.2, 0.25) is 0 Å². The SMILES string of the molecule is c1ccc(N(c2ccccc2)c2ccc(-c3ccc(-c4nc5cc6ccccc6cc5nc4-c4ccc(-c5ccc(N(c6ccccc6)c6ccccc6)cc5)cc4)cc3)cc2)cc1. The van der Waals surface area contributed by atoms with Gasteiger partial charge in [0.2, 0.25) is 0 Å². The van der Waals surface area contributed by atoms with E-state index in [1.54, 1.807) is 0 Å². The third-order valence-corrected chi connectivity index (χ3v) is 11.8. The van der Waals surface area contributed by atoms with E-state index in [1.165, 1.54) is 0 Å². The summed E-state index contributed by atoms with van der Waals surface area (Å²) in [5, 5.41) is 2.29. The number of rotatable bonds is 10. The van der Waals surface area contributed by atoms with Gasteiger partial charge in [-0.25, -0.2) is 9.97 Å². The zero-order valence-electron chi connectivity index (χ0n) is 35.0. The van der Waals surface area contributed by atoms with Gasteiger partial charge < -0.3 is 9.80 Å². The first-order valence-corrected chi connectivity index (χ1v) is 21.6. The molecule has 1 heterocycles. The number of para-hydroxylation sites is 4. The zero-order chi connectivity index (χ0) is 42.7. The molecule has 0 N–H and O–H groups in total. The Labute approximate surface area is 373 Å². The van der Waals surface area contributed by atoms with E-state index >= 15 is 0 Å². The molecule has 0 unspecified atom stereocenters. The second kappa shape index (κ2) is 17.0. The summed E-state index contributed by atoms with van der Waals surface area (Å²) in [5.74, 6) is 0. The summed E-state index contributed by atoms with van der Waals surface area (Å²) in [4.78, 5) is 15.3. The average molecular weight is 819 g/mol. The molecule has 64 heavy (non-hydrogen) atoms. The van der Waals surface area contributed by atoms with Crippen molar-refractivity contribution in [1.29, 1.82) is 0 Å². The molecule has 0 aliphatic heterocycles. The summed E-state index contributed by atoms with van der Waals surface area (Å²) < 4.78 is 0. The van der Waals surface area contributed by atoms with Gasteiger partial charge in [-0.15, -0.1) is 0 Å². The van der Waals surface area contributed by atoms with Gasteiger partial charge in [-0.1, -0.05) is 170 Å². The van der Waals surface area contributed by atoms with E-state index in [9.17, 15) is 0 Å². The lowest BCUT2D eigenvalue weighted by Crippen LogP contribution is -2.09. The summed E-state index contributed by atoms with van der Waals surface area (Å²) in [7, 11) is 0. The van der Waals surface area contributed by atoms with Crippen LogP contribution in [0.4, 0.5) is 34.1 Å². The van der Waals surface area contributed by atoms with Crippen LogP contribution in [-0.2, 0) is 0 Å². The van der Waals surface area contributed by atoms with Crippen LogP contribution in [0.3, 0.4) is 0 Å². The predicted molar refractivity (Wildman–Crippen MR) is 268 cm³/mol. The van der Waals surface area contributed by atoms with E-state index in [0.717, 1.165) is 101 Å². The monoisotopic (exact) mass is 818 g/mol. The maximum Gasteiger partial charge on any atom is 0.0973 e. The van der Waals surface area contributed by atoms with E-state index in [4.69, 9.17) is 9.97 Å². The second-order valence-electron chi connectivity index (χ2n) is 15.9. The van der Waals surface area contributed by atoms with E-state index in [0.29, 0.717) is 0 Å². The quantitative estimate of drug-likeness (QED) is 0.129. The van der Waals surface area contributed by atoms with Crippen LogP contribution < -0.4 is 9.80 Å². The van der Waals surface area contributed by atoms with E-state index in [2.05, 4.69) is 265 Å². The van der Waals surface area contributed by atoms with Crippen molar-refractivity contribution in [2.24, 2.45) is 0 Å². The Hall–Kier alpha value is -8.60. The van der Waals surface area contributed by atoms with Crippen molar-refractivity contribution in [3.8, 4) is 44.8 Å². The fourth-order valence-electron chi connectivity index (χ4n) is 8.59. The highest BCUT2D eigenvalue weighted by Crippen LogP contribution is 2.39. The molecule has 0 aliphatic carbocycles. The van der Waals surface area contributed by atoms with Crippen molar-refractivity contribution in [1.82, 2.24) is 9.97 Å². The molecule has 0 saturated carbocycles. The van der Waals surface area contributed by atoms with Crippen LogP contribution >= 0.6 is 0 Å². The molecule has 0 aliphatic rings. The third-order valence-electron chi connectivity index (χ3n) is 11.8. The fourth-order valence-corrected chi connectivity index (χ4v) is 8.59. The number of fused-ring (bicyclic) bond motifs is 2. The first-order valence-electron chi connectivity index (χ1n) is 21.6. The molecule has 1 aromatic heterocycles. The molecule has 4 heteroatoms. The van der Waals surface area contributed by atoms with Gasteiger partial charge in [-0.3, -0.25) is 0 Å². The summed E-state index contributed by atoms with van der Waals surface area (Å²) in [6.07, 6.45) is 0. The maximum absolute atomic E-state index is 5.35. The van der Waals surface area contributed by atoms with Crippen molar-refractivity contribution in [2.45, 2.75) is 0 Å². The van der Waals surface area contributed by atoms with Gasteiger partial charge in [0.25, 0.3) is 0 Å². The molecule has 0 fully saturated rings. The fraction of sp³-hybridized carbons (Fsp3) is 0. The molecule has 11 rings (SSSR count). The van der Waals surface area contributed by atoms with Gasteiger partial charge in [0.05, 0.1) is 22.4 Å². The highest BCUT2D eigenvalue weighted by molar-refractivity contribution is 5.97. The van der Waals surface area contributed by atoms with E-state index in [-0.39, 0.29) is 0 Å². The van der Waals surface area contributed by atoms with Gasteiger partial charge >= 0.3 is 0 Å². The highest BCUT2D eigenvalue weighted by atomic mass is 15.1. The molecule has 11 aromatic rings. The summed E-state index contributed by atoms with van der Waals surface area (Å²) in [6.45, 7) is 0. The molecule has 0 spiro atoms. The lowest BCUT2D eigenvalue weighted by atomic mass is 9.98. The van der Waals surface area contributed by atoms with Crippen LogP contribution in [0, 0.1) is 0 Å². The zero-order valence-corrected chi connectivity index (χ0v) is 35.0. The summed E-state index contributed by atoms with van der Waals surface area (Å²) >= 11 is 0. The molecule has 0 radical (unpaired) electrons. The molecular weight excluding hydrogens is 777 g/mol. The standard InChI is InChI=1S/C60H42N4/c1-5-17-51(18-6-1)63(52-19-7-2-8-20-52)55-37-33-45(34-38-55)43-25-29-47(30-26-43)59-60(62-58-42-50-16-14-13-15-49(50)41-57(58)61-59)48-31-27-44(28-32-48)46-35-39-56(40-36-46)64(53-21-9-3-10-22-53)54-23-11-4-12-24-54/h1-42H. The van der Waals surface area contributed by atoms with Crippen molar-refractivity contribution < 1.29 is 0 Å². The van der Waals surface area contributed by atoms with Crippen molar-refractivity contribution in [3.05, 3.63) is 255 Å². The number of hydrogen-bond acceptors (Lipinski definition) is 4. The molecule has 0 amide bonds. The molecule has 302 valence electrons. The summed E-state index contributed by atoms with van der Waals surface area (Å²) in [6, 6.07) is 89.8. The van der Waals surface area contributed by atoms with Crippen LogP contribution in [0.1, 0.15) is 0 Å². The van der Waals surface area contributed by atoms with Gasteiger partial charge in [0.15, 0.2) is 0 Å². The van der Waals surface area contributed by atoms with E-state index < -0.39 is 0 Å². The molecule has 4 nitrogen and oxygen atoms in total. The Morgan fingerprint density at radius 2 is 0.453 bits per heavy atom. The Morgan fingerprint density at radius 1 is 0.219 bits per heavy atom. The van der Waals surface area contributed by atoms with Crippen LogP contribution in [0.15, 0.2) is 255 Å². The van der Waals surface area contributed by atoms with Gasteiger partial charge in [0, 0.05) is 45.3 Å². The smallest absolute Gasteiger partial charge is 0.0973 e. The first-order chi connectivity index (χ1) is 31.7. The van der Waals surface area contributed by atoms with Crippen LogP contribution in [-0.4, -0.2) is 9.97 Å². The molecule has 0 atom stereocenters. The largest absolute Gasteiger partial charge is 0.311 e. The predicted octanol–water partition coefficient (Wildman–Crippen LogP) is 16.4. The highest BCUT2D eigenvalue weighted by Gasteiger charge is 2.17. The third kappa shape index (κ3) is 7.65. The van der Waals surface area contributed by atoms with Crippen LogP contribution in [0.25, 0.3) is 66.6 Å². The van der Waals surface area contributed by atoms with Gasteiger partial charge in [-0.2, -0.15) is 0 Å². The number of aromatic nitrogens is 2. The minimum Gasteiger partial charge on any atom is -0.311 e. The summed E-state index contributed by atoms with van der Waals surface area (Å²) in [5.41, 5.74) is 16.7. The van der Waals surface area contributed by atoms with Gasteiger partial charge in [-0.05, 0) is 118 Å². The molecule has 0 saturated heterocycles. The Kier molecular flexibility index (Phi) is 10.2. The van der Waals surface area contributed by atoms with Crippen molar-refractivity contribution >= 4 is 55.9 Å². The van der Waals surface area contributed by atoms with Crippen molar-refractivity contribution in [3.63, 3.8) is 0 Å². The Morgan fingerprint density at radius 3 is 0.750 bits per heavy atom. The number of hydrogen-bond donors (Lipinski definition) is 0. The average Bonchev–Trinajstić information content (AvgIpc) is 3.37. The topological polar surface area (TPSA) is 32.3 Å². The Bertz CT molecular complexity index is 3010. The minimum atomic E-state index is 0.852. The lowest BCUT2D eigenvalue weighted by molar-refractivity contribution is 1.28. The number of nitrogens with zero attached hydrogens (tertiary/aromatic N) is 4. The Balaban J connectivity index is 0.918. The second-order valence-corrected chi connectivity index (χ2v) is 15.9. The van der Waals surface area contributed by atoms with E-state index in [1.807, 2.05) is 0 Å². The minimum absolute atomic E-state index is 0.852. The molecule has 0 bridgehead atoms.